The van der Waals surface area contributed by atoms with Crippen LogP contribution in [0, 0.1) is 25.2 Å². The van der Waals surface area contributed by atoms with Crippen molar-refractivity contribution in [2.75, 3.05) is 13.1 Å². The van der Waals surface area contributed by atoms with E-state index in [-0.39, 0.29) is 11.1 Å². The highest BCUT2D eigenvalue weighted by atomic mass is 16.1. The van der Waals surface area contributed by atoms with Crippen LogP contribution < -0.4 is 10.9 Å². The zero-order valence-corrected chi connectivity index (χ0v) is 13.1. The molecule has 1 saturated heterocycles. The normalized spacial score (nSPS) is 13.1. The molecule has 4 nitrogen and oxygen atoms in total. The number of hydrogen-bond acceptors (Lipinski definition) is 3. The van der Waals surface area contributed by atoms with Crippen LogP contribution in [-0.4, -0.2) is 18.1 Å². The van der Waals surface area contributed by atoms with Gasteiger partial charge in [-0.1, -0.05) is 23.8 Å². The number of nitrogens with one attached hydrogen (secondary N) is 2. The first-order valence-corrected chi connectivity index (χ1v) is 7.53. The monoisotopic (exact) mass is 295 g/mol. The molecule has 0 saturated carbocycles. The van der Waals surface area contributed by atoms with Gasteiger partial charge in [0.25, 0.3) is 5.56 Å². The van der Waals surface area contributed by atoms with Crippen LogP contribution in [0.3, 0.4) is 0 Å². The lowest BCUT2D eigenvalue weighted by atomic mass is 10.1. The van der Waals surface area contributed by atoms with Gasteiger partial charge in [0.15, 0.2) is 0 Å². The van der Waals surface area contributed by atoms with Crippen molar-refractivity contribution in [3.8, 4) is 17.3 Å². The summed E-state index contributed by atoms with van der Waals surface area (Å²) in [7, 11) is 0. The van der Waals surface area contributed by atoms with Gasteiger partial charge in [-0.25, -0.2) is 0 Å². The third kappa shape index (κ3) is 4.06. The lowest BCUT2D eigenvalue weighted by Gasteiger charge is -2.05. The number of nitrogens with zero attached hydrogens (tertiary/aromatic N) is 1. The Balaban J connectivity index is 0.000000299. The highest BCUT2D eigenvalue weighted by Crippen LogP contribution is 2.18. The van der Waals surface area contributed by atoms with Gasteiger partial charge in [-0.3, -0.25) is 4.79 Å². The average molecular weight is 295 g/mol. The predicted octanol–water partition coefficient (Wildman–Crippen LogP) is 2.90. The third-order valence-corrected chi connectivity index (χ3v) is 3.63. The van der Waals surface area contributed by atoms with E-state index in [1.807, 2.05) is 43.3 Å². The van der Waals surface area contributed by atoms with E-state index in [0.29, 0.717) is 5.56 Å². The number of benzene rings is 1. The quantitative estimate of drug-likeness (QED) is 0.850. The first-order valence-electron chi connectivity index (χ1n) is 7.53. The van der Waals surface area contributed by atoms with E-state index in [1.54, 1.807) is 6.92 Å². The topological polar surface area (TPSA) is 68.7 Å². The Morgan fingerprint density at radius 3 is 2.36 bits per heavy atom. The highest BCUT2D eigenvalue weighted by molar-refractivity contribution is 5.61. The number of H-pyrrole nitrogens is 1. The molecule has 3 rings (SSSR count). The summed E-state index contributed by atoms with van der Waals surface area (Å²) in [5, 5.41) is 12.1. The van der Waals surface area contributed by atoms with E-state index >= 15 is 0 Å². The number of pyridine rings is 1. The van der Waals surface area contributed by atoms with Gasteiger partial charge in [0.2, 0.25) is 0 Å². The predicted molar refractivity (Wildman–Crippen MR) is 88.8 cm³/mol. The molecule has 0 atom stereocenters. The average Bonchev–Trinajstić information content (AvgIpc) is 3.06. The van der Waals surface area contributed by atoms with Crippen LogP contribution in [-0.2, 0) is 0 Å². The van der Waals surface area contributed by atoms with Crippen molar-refractivity contribution in [2.24, 2.45) is 0 Å². The van der Waals surface area contributed by atoms with E-state index in [4.69, 9.17) is 5.26 Å². The van der Waals surface area contributed by atoms with Crippen molar-refractivity contribution in [2.45, 2.75) is 26.7 Å². The fourth-order valence-corrected chi connectivity index (χ4v) is 2.42. The van der Waals surface area contributed by atoms with E-state index in [1.165, 1.54) is 25.9 Å². The Morgan fingerprint density at radius 1 is 1.14 bits per heavy atom. The first-order chi connectivity index (χ1) is 10.6. The molecule has 0 radical (unpaired) electrons. The lowest BCUT2D eigenvalue weighted by molar-refractivity contribution is 0.857. The van der Waals surface area contributed by atoms with Crippen molar-refractivity contribution in [1.29, 1.82) is 5.26 Å². The first kappa shape index (κ1) is 16.0. The van der Waals surface area contributed by atoms with Gasteiger partial charge in [0.05, 0.1) is 0 Å². The molecule has 2 aromatic rings. The molecular weight excluding hydrogens is 274 g/mol. The molecule has 1 aliphatic rings. The summed E-state index contributed by atoms with van der Waals surface area (Å²) in [6.45, 7) is 6.27. The fraction of sp³-hybridized carbons (Fsp3) is 0.333. The highest BCUT2D eigenvalue weighted by Gasteiger charge is 2.06. The van der Waals surface area contributed by atoms with Crippen molar-refractivity contribution in [1.82, 2.24) is 10.3 Å². The molecule has 1 aromatic heterocycles. The Labute approximate surface area is 130 Å². The summed E-state index contributed by atoms with van der Waals surface area (Å²) in [5.41, 5.74) is 3.38. The van der Waals surface area contributed by atoms with Crippen LogP contribution in [0.15, 0.2) is 35.1 Å². The van der Waals surface area contributed by atoms with E-state index in [2.05, 4.69) is 10.3 Å². The molecule has 0 aliphatic carbocycles. The minimum absolute atomic E-state index is 0.182. The molecule has 4 heteroatoms. The molecule has 0 spiro atoms. The lowest BCUT2D eigenvalue weighted by Crippen LogP contribution is -2.12. The van der Waals surface area contributed by atoms with Crippen molar-refractivity contribution >= 4 is 0 Å². The summed E-state index contributed by atoms with van der Waals surface area (Å²) in [5.74, 6) is 0. The Hall–Kier alpha value is -2.38. The molecule has 22 heavy (non-hydrogen) atoms. The second kappa shape index (κ2) is 7.58. The largest absolute Gasteiger partial charge is 0.321 e. The Morgan fingerprint density at radius 2 is 1.86 bits per heavy atom. The molecule has 0 bridgehead atoms. The minimum atomic E-state index is -0.330. The van der Waals surface area contributed by atoms with Gasteiger partial charge in [-0.15, -0.1) is 0 Å². The molecule has 1 aromatic carbocycles. The van der Waals surface area contributed by atoms with Gasteiger partial charge in [-0.2, -0.15) is 5.26 Å². The van der Waals surface area contributed by atoms with E-state index < -0.39 is 0 Å². The molecular formula is C18H21N3O. The summed E-state index contributed by atoms with van der Waals surface area (Å²) in [6.07, 6.45) is 2.78. The summed E-state index contributed by atoms with van der Waals surface area (Å²) >= 11 is 0. The summed E-state index contributed by atoms with van der Waals surface area (Å²) in [4.78, 5) is 14.4. The SMILES string of the molecule is C1CCNC1.Cc1cccc(-c2cc(C)c(C#N)c(=O)[nH]2)c1. The number of aryl methyl sites for hydroxylation is 2. The smallest absolute Gasteiger partial charge is 0.266 e. The van der Waals surface area contributed by atoms with E-state index in [9.17, 15) is 4.79 Å². The number of rotatable bonds is 1. The van der Waals surface area contributed by atoms with Crippen LogP contribution >= 0.6 is 0 Å². The molecule has 2 heterocycles. The van der Waals surface area contributed by atoms with E-state index in [0.717, 1.165) is 16.8 Å². The zero-order valence-electron chi connectivity index (χ0n) is 13.1. The van der Waals surface area contributed by atoms with Gasteiger partial charge < -0.3 is 10.3 Å². The second-order valence-corrected chi connectivity index (χ2v) is 5.51. The number of aromatic amines is 1. The molecule has 0 amide bonds. The number of nitriles is 1. The van der Waals surface area contributed by atoms with Crippen LogP contribution in [0.5, 0.6) is 0 Å². The number of aromatic nitrogens is 1. The van der Waals surface area contributed by atoms with Crippen molar-refractivity contribution in [3.63, 3.8) is 0 Å². The Kier molecular flexibility index (Phi) is 5.51. The Bertz CT molecular complexity index is 729. The minimum Gasteiger partial charge on any atom is -0.321 e. The van der Waals surface area contributed by atoms with Gasteiger partial charge in [0, 0.05) is 5.69 Å². The molecule has 2 N–H and O–H groups in total. The molecule has 1 aliphatic heterocycles. The summed E-state index contributed by atoms with van der Waals surface area (Å²) < 4.78 is 0. The molecule has 0 unspecified atom stereocenters. The van der Waals surface area contributed by atoms with Crippen LogP contribution in [0.25, 0.3) is 11.3 Å². The van der Waals surface area contributed by atoms with Crippen molar-refractivity contribution in [3.05, 3.63) is 57.4 Å². The fourth-order valence-electron chi connectivity index (χ4n) is 2.42. The van der Waals surface area contributed by atoms with Gasteiger partial charge >= 0.3 is 0 Å². The second-order valence-electron chi connectivity index (χ2n) is 5.51. The maximum Gasteiger partial charge on any atom is 0.266 e. The van der Waals surface area contributed by atoms with Gasteiger partial charge in [0.1, 0.15) is 11.6 Å². The standard InChI is InChI=1S/C14H12N2O.C4H9N/c1-9-4-3-5-11(6-9)13-7-10(2)12(8-15)14(17)16-13;1-2-4-5-3-1/h3-7H,1-2H3,(H,16,17);5H,1-4H2. The van der Waals surface area contributed by atoms with Gasteiger partial charge in [-0.05, 0) is 63.0 Å². The van der Waals surface area contributed by atoms with Crippen molar-refractivity contribution < 1.29 is 0 Å². The van der Waals surface area contributed by atoms with Crippen LogP contribution in [0.1, 0.15) is 29.5 Å². The third-order valence-electron chi connectivity index (χ3n) is 3.63. The summed E-state index contributed by atoms with van der Waals surface area (Å²) in [6, 6.07) is 11.6. The zero-order chi connectivity index (χ0) is 15.9. The van der Waals surface area contributed by atoms with Crippen LogP contribution in [0.2, 0.25) is 0 Å². The molecule has 1 fully saturated rings. The molecule has 114 valence electrons. The number of hydrogen-bond donors (Lipinski definition) is 2. The van der Waals surface area contributed by atoms with Crippen LogP contribution in [0.4, 0.5) is 0 Å². The maximum atomic E-state index is 11.7. The maximum absolute atomic E-state index is 11.7.